The van der Waals surface area contributed by atoms with Crippen LogP contribution in [0.3, 0.4) is 0 Å². The summed E-state index contributed by atoms with van der Waals surface area (Å²) >= 11 is 0. The quantitative estimate of drug-likeness (QED) is 0.867. The van der Waals surface area contributed by atoms with Crippen LogP contribution in [-0.4, -0.2) is 29.5 Å². The second-order valence-corrected chi connectivity index (χ2v) is 6.62. The second kappa shape index (κ2) is 4.70. The molecule has 1 aliphatic heterocycles. The molecule has 0 spiro atoms. The van der Waals surface area contributed by atoms with Crippen LogP contribution in [-0.2, 0) is 9.84 Å². The van der Waals surface area contributed by atoms with Gasteiger partial charge in [-0.2, -0.15) is 0 Å². The van der Waals surface area contributed by atoms with E-state index in [0.717, 1.165) is 18.7 Å². The zero-order chi connectivity index (χ0) is 12.5. The van der Waals surface area contributed by atoms with Gasteiger partial charge in [-0.1, -0.05) is 6.42 Å². The van der Waals surface area contributed by atoms with E-state index in [2.05, 4.69) is 4.98 Å². The highest BCUT2D eigenvalue weighted by Crippen LogP contribution is 2.30. The van der Waals surface area contributed by atoms with Gasteiger partial charge in [0.1, 0.15) is 5.82 Å². The normalized spacial score (nSPS) is 25.4. The summed E-state index contributed by atoms with van der Waals surface area (Å²) in [5, 5.41) is 9.19. The molecule has 2 unspecified atom stereocenters. The Morgan fingerprint density at radius 2 is 2.18 bits per heavy atom. The van der Waals surface area contributed by atoms with Gasteiger partial charge in [-0.25, -0.2) is 12.8 Å². The second-order valence-electron chi connectivity index (χ2n) is 4.28. The van der Waals surface area contributed by atoms with Crippen molar-refractivity contribution in [1.82, 2.24) is 4.98 Å². The first-order chi connectivity index (χ1) is 8.00. The maximum absolute atomic E-state index is 13.0. The molecular weight excluding hydrogens is 245 g/mol. The van der Waals surface area contributed by atoms with E-state index in [-0.39, 0.29) is 11.3 Å². The SMILES string of the molecule is O=S1(=O)CCCCC1C(O)c1cncc(F)c1. The van der Waals surface area contributed by atoms with Crippen LogP contribution in [0.1, 0.15) is 30.9 Å². The number of hydrogen-bond donors (Lipinski definition) is 1. The molecule has 1 fully saturated rings. The van der Waals surface area contributed by atoms with Crippen molar-refractivity contribution < 1.29 is 17.9 Å². The lowest BCUT2D eigenvalue weighted by molar-refractivity contribution is 0.163. The van der Waals surface area contributed by atoms with Crippen molar-refractivity contribution in [2.24, 2.45) is 0 Å². The number of hydrogen-bond acceptors (Lipinski definition) is 4. The zero-order valence-corrected chi connectivity index (χ0v) is 10.0. The van der Waals surface area contributed by atoms with Gasteiger partial charge in [0.05, 0.1) is 23.3 Å². The van der Waals surface area contributed by atoms with Crippen molar-refractivity contribution in [1.29, 1.82) is 0 Å². The highest BCUT2D eigenvalue weighted by Gasteiger charge is 2.35. The maximum atomic E-state index is 13.0. The molecule has 94 valence electrons. The molecule has 2 heterocycles. The van der Waals surface area contributed by atoms with Gasteiger partial charge in [0, 0.05) is 11.8 Å². The Kier molecular flexibility index (Phi) is 3.44. The fourth-order valence-electron chi connectivity index (χ4n) is 2.14. The fraction of sp³-hybridized carbons (Fsp3) is 0.545. The minimum absolute atomic E-state index is 0.0947. The number of rotatable bonds is 2. The smallest absolute Gasteiger partial charge is 0.156 e. The third kappa shape index (κ3) is 2.63. The summed E-state index contributed by atoms with van der Waals surface area (Å²) in [5.74, 6) is -0.480. The molecule has 0 aliphatic carbocycles. The maximum Gasteiger partial charge on any atom is 0.156 e. The molecule has 1 aliphatic rings. The predicted molar refractivity (Wildman–Crippen MR) is 60.6 cm³/mol. The average molecular weight is 259 g/mol. The minimum Gasteiger partial charge on any atom is -0.387 e. The lowest BCUT2D eigenvalue weighted by atomic mass is 10.0. The van der Waals surface area contributed by atoms with Crippen LogP contribution in [0.15, 0.2) is 18.5 Å². The molecule has 6 heteroatoms. The number of aliphatic hydroxyl groups excluding tert-OH is 1. The monoisotopic (exact) mass is 259 g/mol. The van der Waals surface area contributed by atoms with Gasteiger partial charge in [0.15, 0.2) is 9.84 Å². The number of aromatic nitrogens is 1. The third-order valence-corrected chi connectivity index (χ3v) is 5.32. The minimum atomic E-state index is -3.28. The van der Waals surface area contributed by atoms with Crippen LogP contribution in [0.2, 0.25) is 0 Å². The van der Waals surface area contributed by atoms with Gasteiger partial charge in [-0.3, -0.25) is 4.98 Å². The summed E-state index contributed by atoms with van der Waals surface area (Å²) in [6, 6.07) is 1.13. The molecule has 2 atom stereocenters. The Hall–Kier alpha value is -1.01. The number of aliphatic hydroxyl groups is 1. The van der Waals surface area contributed by atoms with Crippen molar-refractivity contribution >= 4 is 9.84 Å². The number of pyridine rings is 1. The highest BCUT2D eigenvalue weighted by atomic mass is 32.2. The fourth-order valence-corrected chi connectivity index (χ4v) is 4.12. The van der Waals surface area contributed by atoms with Crippen LogP contribution in [0.5, 0.6) is 0 Å². The number of sulfone groups is 1. The predicted octanol–water partition coefficient (Wildman–Crippen LogP) is 1.22. The van der Waals surface area contributed by atoms with E-state index in [1.54, 1.807) is 0 Å². The Labute approximate surface area is 99.4 Å². The van der Waals surface area contributed by atoms with Gasteiger partial charge in [0.2, 0.25) is 0 Å². The van der Waals surface area contributed by atoms with Crippen molar-refractivity contribution in [3.05, 3.63) is 29.8 Å². The zero-order valence-electron chi connectivity index (χ0n) is 9.21. The van der Waals surface area contributed by atoms with Gasteiger partial charge >= 0.3 is 0 Å². The first-order valence-electron chi connectivity index (χ1n) is 5.51. The van der Waals surface area contributed by atoms with Crippen molar-refractivity contribution in [2.75, 3.05) is 5.75 Å². The highest BCUT2D eigenvalue weighted by molar-refractivity contribution is 7.92. The molecule has 0 aromatic carbocycles. The molecule has 0 bridgehead atoms. The molecule has 0 radical (unpaired) electrons. The lowest BCUT2D eigenvalue weighted by Crippen LogP contribution is -2.33. The van der Waals surface area contributed by atoms with Crippen LogP contribution >= 0.6 is 0 Å². The standard InChI is InChI=1S/C11H14FNO3S/c12-9-5-8(6-13-7-9)11(14)10-3-1-2-4-17(10,15)16/h5-7,10-11,14H,1-4H2. The van der Waals surface area contributed by atoms with E-state index in [0.29, 0.717) is 12.8 Å². The van der Waals surface area contributed by atoms with Gasteiger partial charge in [-0.05, 0) is 18.9 Å². The number of nitrogens with zero attached hydrogens (tertiary/aromatic N) is 1. The summed E-state index contributed by atoms with van der Waals surface area (Å²) < 4.78 is 36.6. The molecule has 1 N–H and O–H groups in total. The summed E-state index contributed by atoms with van der Waals surface area (Å²) in [7, 11) is -3.28. The van der Waals surface area contributed by atoms with Gasteiger partial charge < -0.3 is 5.11 Å². The molecule has 0 amide bonds. The Bertz CT molecular complexity index is 503. The molecule has 1 aromatic heterocycles. The van der Waals surface area contributed by atoms with Crippen molar-refractivity contribution in [2.45, 2.75) is 30.6 Å². The summed E-state index contributed by atoms with van der Waals surface area (Å²) in [4.78, 5) is 3.62. The van der Waals surface area contributed by atoms with Crippen molar-refractivity contribution in [3.8, 4) is 0 Å². The molecule has 17 heavy (non-hydrogen) atoms. The Balaban J connectivity index is 2.28. The van der Waals surface area contributed by atoms with E-state index in [4.69, 9.17) is 0 Å². The van der Waals surface area contributed by atoms with Crippen LogP contribution in [0.4, 0.5) is 4.39 Å². The molecule has 4 nitrogen and oxygen atoms in total. The molecule has 1 aromatic rings. The first kappa shape index (κ1) is 12.4. The lowest BCUT2D eigenvalue weighted by Gasteiger charge is -2.26. The van der Waals surface area contributed by atoms with E-state index in [1.807, 2.05) is 0 Å². The van der Waals surface area contributed by atoms with Gasteiger partial charge in [0.25, 0.3) is 0 Å². The Morgan fingerprint density at radius 1 is 1.41 bits per heavy atom. The molecular formula is C11H14FNO3S. The first-order valence-corrected chi connectivity index (χ1v) is 7.22. The van der Waals surface area contributed by atoms with Crippen molar-refractivity contribution in [3.63, 3.8) is 0 Å². The molecule has 2 rings (SSSR count). The largest absolute Gasteiger partial charge is 0.387 e. The van der Waals surface area contributed by atoms with Crippen LogP contribution in [0, 0.1) is 5.82 Å². The third-order valence-electron chi connectivity index (χ3n) is 3.05. The Morgan fingerprint density at radius 3 is 2.82 bits per heavy atom. The summed E-state index contributed by atoms with van der Waals surface area (Å²) in [5.41, 5.74) is 0.223. The van der Waals surface area contributed by atoms with Crippen LogP contribution < -0.4 is 0 Å². The molecule has 1 saturated heterocycles. The average Bonchev–Trinajstić information content (AvgIpc) is 2.27. The van der Waals surface area contributed by atoms with E-state index >= 15 is 0 Å². The topological polar surface area (TPSA) is 67.3 Å². The van der Waals surface area contributed by atoms with E-state index in [9.17, 15) is 17.9 Å². The van der Waals surface area contributed by atoms with Gasteiger partial charge in [-0.15, -0.1) is 0 Å². The summed E-state index contributed by atoms with van der Waals surface area (Å²) in [6.07, 6.45) is 2.95. The van der Waals surface area contributed by atoms with Crippen LogP contribution in [0.25, 0.3) is 0 Å². The molecule has 0 saturated carbocycles. The van der Waals surface area contributed by atoms with E-state index < -0.39 is 27.0 Å². The number of halogens is 1. The summed E-state index contributed by atoms with van der Waals surface area (Å²) in [6.45, 7) is 0. The van der Waals surface area contributed by atoms with E-state index in [1.165, 1.54) is 6.20 Å².